The average Bonchev–Trinajstić information content (AvgIpc) is 2.69. The third kappa shape index (κ3) is 25.8. The molecule has 0 aromatic rings. The number of hydrazine groups is 1. The second-order valence-electron chi connectivity index (χ2n) is 7.55. The van der Waals surface area contributed by atoms with Crippen LogP contribution in [-0.4, -0.2) is 66.3 Å². The maximum atomic E-state index is 11.6. The van der Waals surface area contributed by atoms with Crippen LogP contribution >= 0.6 is 0 Å². The molecular weight excluding hydrogens is 379 g/mol. The van der Waals surface area contributed by atoms with Crippen LogP contribution < -0.4 is 10.9 Å². The van der Waals surface area contributed by atoms with Crippen molar-refractivity contribution in [3.05, 3.63) is 0 Å². The van der Waals surface area contributed by atoms with E-state index in [0.29, 0.717) is 6.42 Å². The first-order valence-corrected chi connectivity index (χ1v) is 11.5. The summed E-state index contributed by atoms with van der Waals surface area (Å²) in [7, 11) is 0. The Bertz CT molecular complexity index is 371. The molecular formula is C22H45N2NaO4. The quantitative estimate of drug-likeness (QED) is 0.113. The standard InChI is InChI=1S/C22H44N2O4.Na.H/c1-2-3-4-5-6-7-8-9-10-11-12-13-14-15-16-17-21(26)24-23-20-22(27)28-19-18-25;;/h23,25H,2-20H2,1H3,(H,24,26);;. The summed E-state index contributed by atoms with van der Waals surface area (Å²) < 4.78 is 4.66. The van der Waals surface area contributed by atoms with E-state index in [1.54, 1.807) is 0 Å². The Morgan fingerprint density at radius 3 is 1.66 bits per heavy atom. The van der Waals surface area contributed by atoms with E-state index in [-0.39, 0.29) is 55.2 Å². The van der Waals surface area contributed by atoms with Crippen LogP contribution in [0.15, 0.2) is 0 Å². The first kappa shape index (κ1) is 31.0. The number of carbonyl (C=O) groups is 2. The Labute approximate surface area is 200 Å². The van der Waals surface area contributed by atoms with Gasteiger partial charge in [0.05, 0.1) is 6.61 Å². The second kappa shape index (κ2) is 25.9. The van der Waals surface area contributed by atoms with Crippen molar-refractivity contribution >= 4 is 41.4 Å². The van der Waals surface area contributed by atoms with Crippen molar-refractivity contribution in [1.82, 2.24) is 10.9 Å². The Balaban J connectivity index is 0. The molecule has 0 heterocycles. The zero-order chi connectivity index (χ0) is 20.7. The van der Waals surface area contributed by atoms with Gasteiger partial charge in [-0.2, -0.15) is 0 Å². The maximum absolute atomic E-state index is 11.6. The zero-order valence-electron chi connectivity index (χ0n) is 18.1. The summed E-state index contributed by atoms with van der Waals surface area (Å²) >= 11 is 0. The van der Waals surface area contributed by atoms with E-state index in [1.165, 1.54) is 83.5 Å². The summed E-state index contributed by atoms with van der Waals surface area (Å²) in [4.78, 5) is 22.8. The molecule has 0 bridgehead atoms. The molecule has 0 fully saturated rings. The van der Waals surface area contributed by atoms with Crippen LogP contribution in [0.5, 0.6) is 0 Å². The van der Waals surface area contributed by atoms with Crippen LogP contribution in [-0.2, 0) is 14.3 Å². The topological polar surface area (TPSA) is 87.7 Å². The molecule has 29 heavy (non-hydrogen) atoms. The van der Waals surface area contributed by atoms with Gasteiger partial charge in [-0.25, -0.2) is 5.43 Å². The van der Waals surface area contributed by atoms with Crippen LogP contribution in [0, 0.1) is 0 Å². The van der Waals surface area contributed by atoms with Crippen molar-refractivity contribution in [2.24, 2.45) is 0 Å². The van der Waals surface area contributed by atoms with Crippen LogP contribution in [0.2, 0.25) is 0 Å². The van der Waals surface area contributed by atoms with E-state index in [4.69, 9.17) is 5.11 Å². The molecule has 0 saturated carbocycles. The molecule has 6 nitrogen and oxygen atoms in total. The molecule has 1 amide bonds. The first-order chi connectivity index (χ1) is 13.7. The summed E-state index contributed by atoms with van der Waals surface area (Å²) in [6, 6.07) is 0. The van der Waals surface area contributed by atoms with Crippen molar-refractivity contribution in [2.45, 2.75) is 110 Å². The number of aliphatic hydroxyl groups is 1. The number of amides is 1. The van der Waals surface area contributed by atoms with Gasteiger partial charge in [0.1, 0.15) is 13.2 Å². The molecule has 0 unspecified atom stereocenters. The van der Waals surface area contributed by atoms with Gasteiger partial charge in [-0.05, 0) is 6.42 Å². The number of rotatable bonds is 21. The summed E-state index contributed by atoms with van der Waals surface area (Å²) in [5.41, 5.74) is 5.03. The summed E-state index contributed by atoms with van der Waals surface area (Å²) in [6.45, 7) is 1.95. The number of hydrogen-bond donors (Lipinski definition) is 3. The van der Waals surface area contributed by atoms with Gasteiger partial charge in [0, 0.05) is 6.42 Å². The molecule has 0 aliphatic rings. The molecule has 0 saturated heterocycles. The van der Waals surface area contributed by atoms with Crippen LogP contribution in [0.25, 0.3) is 0 Å². The monoisotopic (exact) mass is 424 g/mol. The van der Waals surface area contributed by atoms with Gasteiger partial charge in [0.15, 0.2) is 0 Å². The molecule has 0 rings (SSSR count). The normalized spacial score (nSPS) is 10.4. The fraction of sp³-hybridized carbons (Fsp3) is 0.909. The SMILES string of the molecule is CCCCCCCCCCCCCCCCCC(=O)NNCC(=O)OCCO.[NaH]. The molecule has 0 radical (unpaired) electrons. The third-order valence-corrected chi connectivity index (χ3v) is 4.82. The van der Waals surface area contributed by atoms with E-state index in [9.17, 15) is 9.59 Å². The average molecular weight is 425 g/mol. The molecule has 0 spiro atoms. The number of nitrogens with one attached hydrogen (secondary N) is 2. The Morgan fingerprint density at radius 1 is 0.759 bits per heavy atom. The number of esters is 1. The van der Waals surface area contributed by atoms with Gasteiger partial charge >= 0.3 is 35.5 Å². The predicted octanol–water partition coefficient (Wildman–Crippen LogP) is 3.76. The summed E-state index contributed by atoms with van der Waals surface area (Å²) in [6.07, 6.45) is 20.0. The second-order valence-corrected chi connectivity index (χ2v) is 7.55. The fourth-order valence-electron chi connectivity index (χ4n) is 3.14. The van der Waals surface area contributed by atoms with Gasteiger partial charge in [-0.3, -0.25) is 15.0 Å². The first-order valence-electron chi connectivity index (χ1n) is 11.5. The van der Waals surface area contributed by atoms with Crippen molar-refractivity contribution in [2.75, 3.05) is 19.8 Å². The third-order valence-electron chi connectivity index (χ3n) is 4.82. The van der Waals surface area contributed by atoms with E-state index >= 15 is 0 Å². The van der Waals surface area contributed by atoms with Crippen molar-refractivity contribution in [3.63, 3.8) is 0 Å². The number of unbranched alkanes of at least 4 members (excludes halogenated alkanes) is 14. The zero-order valence-corrected chi connectivity index (χ0v) is 18.1. The molecule has 7 heteroatoms. The number of aliphatic hydroxyl groups excluding tert-OH is 1. The van der Waals surface area contributed by atoms with Crippen molar-refractivity contribution < 1.29 is 19.4 Å². The molecule has 0 atom stereocenters. The van der Waals surface area contributed by atoms with Crippen molar-refractivity contribution in [3.8, 4) is 0 Å². The Morgan fingerprint density at radius 2 is 1.21 bits per heavy atom. The summed E-state index contributed by atoms with van der Waals surface area (Å²) in [5.74, 6) is -0.606. The number of hydrogen-bond acceptors (Lipinski definition) is 5. The predicted molar refractivity (Wildman–Crippen MR) is 121 cm³/mol. The van der Waals surface area contributed by atoms with Gasteiger partial charge in [-0.1, -0.05) is 96.8 Å². The van der Waals surface area contributed by atoms with Crippen LogP contribution in [0.1, 0.15) is 110 Å². The molecule has 168 valence electrons. The Kier molecular flexibility index (Phi) is 27.7. The molecule has 0 aliphatic carbocycles. The van der Waals surface area contributed by atoms with Crippen LogP contribution in [0.3, 0.4) is 0 Å². The van der Waals surface area contributed by atoms with E-state index in [0.717, 1.165) is 12.8 Å². The van der Waals surface area contributed by atoms with Gasteiger partial charge in [0.2, 0.25) is 5.91 Å². The molecule has 3 N–H and O–H groups in total. The van der Waals surface area contributed by atoms with Gasteiger partial charge < -0.3 is 9.84 Å². The Hall–Kier alpha value is -0.140. The number of ether oxygens (including phenoxy) is 1. The summed E-state index contributed by atoms with van der Waals surface area (Å²) in [5, 5.41) is 8.52. The van der Waals surface area contributed by atoms with Gasteiger partial charge in [0.25, 0.3) is 0 Å². The van der Waals surface area contributed by atoms with Crippen LogP contribution in [0.4, 0.5) is 0 Å². The van der Waals surface area contributed by atoms with E-state index in [2.05, 4.69) is 22.5 Å². The minimum atomic E-state index is -0.499. The minimum absolute atomic E-state index is 0. The fourth-order valence-corrected chi connectivity index (χ4v) is 3.14. The van der Waals surface area contributed by atoms with Crippen molar-refractivity contribution in [1.29, 1.82) is 0 Å². The molecule has 0 aliphatic heterocycles. The van der Waals surface area contributed by atoms with E-state index in [1.807, 2.05) is 0 Å². The molecule has 0 aromatic heterocycles. The van der Waals surface area contributed by atoms with E-state index < -0.39 is 5.97 Å². The number of carbonyl (C=O) groups excluding carboxylic acids is 2. The van der Waals surface area contributed by atoms with Gasteiger partial charge in [-0.15, -0.1) is 0 Å². The molecule has 0 aromatic carbocycles.